The Morgan fingerprint density at radius 3 is 2.78 bits per heavy atom. The van der Waals surface area contributed by atoms with Gasteiger partial charge in [-0.3, -0.25) is 19.6 Å². The van der Waals surface area contributed by atoms with Crippen LogP contribution in [0.2, 0.25) is 0 Å². The van der Waals surface area contributed by atoms with Crippen molar-refractivity contribution in [2.45, 2.75) is 13.5 Å². The molecule has 1 aromatic heterocycles. The second-order valence-corrected chi connectivity index (χ2v) is 3.86. The van der Waals surface area contributed by atoms with Crippen molar-refractivity contribution in [3.05, 3.63) is 22.0 Å². The quantitative estimate of drug-likeness (QED) is 0.571. The number of amides is 1. The van der Waals surface area contributed by atoms with Crippen LogP contribution in [0.1, 0.15) is 17.4 Å². The van der Waals surface area contributed by atoms with E-state index >= 15 is 0 Å². The van der Waals surface area contributed by atoms with Gasteiger partial charge >= 0.3 is 5.69 Å². The molecule has 0 unspecified atom stereocenters. The van der Waals surface area contributed by atoms with Gasteiger partial charge in [-0.1, -0.05) is 0 Å². The maximum atomic E-state index is 12.3. The highest BCUT2D eigenvalue weighted by molar-refractivity contribution is 5.96. The van der Waals surface area contributed by atoms with Crippen LogP contribution in [0.4, 0.5) is 5.69 Å². The van der Waals surface area contributed by atoms with Crippen LogP contribution in [0.15, 0.2) is 6.20 Å². The molecule has 0 radical (unpaired) electrons. The van der Waals surface area contributed by atoms with Crippen LogP contribution in [0.25, 0.3) is 0 Å². The number of aromatic nitrogens is 2. The molecule has 0 spiro atoms. The molecule has 0 N–H and O–H groups in total. The van der Waals surface area contributed by atoms with Gasteiger partial charge in [0.2, 0.25) is 5.69 Å². The van der Waals surface area contributed by atoms with Gasteiger partial charge in [-0.25, -0.2) is 0 Å². The van der Waals surface area contributed by atoms with Crippen molar-refractivity contribution < 1.29 is 14.5 Å². The SMILES string of the molecule is CCn1ncc([N+](=O)[O-])c1C(=O)N1CCOCC1. The number of nitrogens with zero attached hydrogens (tertiary/aromatic N) is 4. The van der Waals surface area contributed by atoms with Gasteiger partial charge in [0.25, 0.3) is 5.91 Å². The van der Waals surface area contributed by atoms with Crippen molar-refractivity contribution in [3.8, 4) is 0 Å². The van der Waals surface area contributed by atoms with E-state index in [4.69, 9.17) is 4.74 Å². The Balaban J connectivity index is 2.32. The Labute approximate surface area is 103 Å². The maximum Gasteiger partial charge on any atom is 0.320 e. The smallest absolute Gasteiger partial charge is 0.320 e. The zero-order valence-corrected chi connectivity index (χ0v) is 10.0. The summed E-state index contributed by atoms with van der Waals surface area (Å²) in [4.78, 5) is 24.1. The number of hydrogen-bond donors (Lipinski definition) is 0. The summed E-state index contributed by atoms with van der Waals surface area (Å²) in [6, 6.07) is 0. The predicted molar refractivity (Wildman–Crippen MR) is 61.3 cm³/mol. The fraction of sp³-hybridized carbons (Fsp3) is 0.600. The molecule has 1 amide bonds. The molecule has 0 aliphatic carbocycles. The Bertz CT molecular complexity index is 464. The number of ether oxygens (including phenoxy) is 1. The van der Waals surface area contributed by atoms with Crippen LogP contribution in [0.5, 0.6) is 0 Å². The van der Waals surface area contributed by atoms with Crippen LogP contribution in [-0.4, -0.2) is 51.8 Å². The summed E-state index contributed by atoms with van der Waals surface area (Å²) < 4.78 is 6.51. The Morgan fingerprint density at radius 2 is 2.22 bits per heavy atom. The van der Waals surface area contributed by atoms with E-state index in [-0.39, 0.29) is 17.3 Å². The number of nitro groups is 1. The minimum absolute atomic E-state index is 0.0457. The highest BCUT2D eigenvalue weighted by Crippen LogP contribution is 2.20. The minimum atomic E-state index is -0.577. The van der Waals surface area contributed by atoms with Crippen LogP contribution in [-0.2, 0) is 11.3 Å². The second kappa shape index (κ2) is 5.13. The summed E-state index contributed by atoms with van der Waals surface area (Å²) in [5.41, 5.74) is -0.197. The number of aryl methyl sites for hydroxylation is 1. The van der Waals surface area contributed by atoms with E-state index in [1.54, 1.807) is 11.8 Å². The Hall–Kier alpha value is -1.96. The molecule has 8 heteroatoms. The van der Waals surface area contributed by atoms with E-state index in [1.807, 2.05) is 0 Å². The molecule has 18 heavy (non-hydrogen) atoms. The van der Waals surface area contributed by atoms with Gasteiger partial charge in [-0.15, -0.1) is 0 Å². The number of morpholine rings is 1. The standard InChI is InChI=1S/C10H14N4O4/c1-2-13-9(8(7-11-13)14(16)17)10(15)12-3-5-18-6-4-12/h7H,2-6H2,1H3. The fourth-order valence-electron chi connectivity index (χ4n) is 1.89. The molecule has 98 valence electrons. The lowest BCUT2D eigenvalue weighted by molar-refractivity contribution is -0.385. The first-order chi connectivity index (χ1) is 8.65. The predicted octanol–water partition coefficient (Wildman–Crippen LogP) is 0.284. The van der Waals surface area contributed by atoms with E-state index in [2.05, 4.69) is 5.10 Å². The summed E-state index contributed by atoms with van der Waals surface area (Å²) in [7, 11) is 0. The largest absolute Gasteiger partial charge is 0.378 e. The third kappa shape index (κ3) is 2.19. The average molecular weight is 254 g/mol. The topological polar surface area (TPSA) is 90.5 Å². The zero-order valence-electron chi connectivity index (χ0n) is 10.0. The summed E-state index contributed by atoms with van der Waals surface area (Å²) in [5.74, 6) is -0.357. The highest BCUT2D eigenvalue weighted by atomic mass is 16.6. The molecule has 0 aromatic carbocycles. The van der Waals surface area contributed by atoms with Gasteiger partial charge in [-0.05, 0) is 6.92 Å². The van der Waals surface area contributed by atoms with Gasteiger partial charge in [0, 0.05) is 19.6 Å². The first-order valence-electron chi connectivity index (χ1n) is 5.72. The van der Waals surface area contributed by atoms with Crippen molar-refractivity contribution in [3.63, 3.8) is 0 Å². The summed E-state index contributed by atoms with van der Waals surface area (Å²) in [6.45, 7) is 4.02. The van der Waals surface area contributed by atoms with Crippen molar-refractivity contribution in [1.82, 2.24) is 14.7 Å². The summed E-state index contributed by atoms with van der Waals surface area (Å²) in [5, 5.41) is 14.8. The Kier molecular flexibility index (Phi) is 3.56. The van der Waals surface area contributed by atoms with Crippen LogP contribution in [0.3, 0.4) is 0 Å². The molecule has 2 heterocycles. The monoisotopic (exact) mass is 254 g/mol. The third-order valence-corrected chi connectivity index (χ3v) is 2.82. The minimum Gasteiger partial charge on any atom is -0.378 e. The van der Waals surface area contributed by atoms with Crippen molar-refractivity contribution in [2.24, 2.45) is 0 Å². The Morgan fingerprint density at radius 1 is 1.56 bits per heavy atom. The van der Waals surface area contributed by atoms with E-state index in [0.717, 1.165) is 6.20 Å². The van der Waals surface area contributed by atoms with Crippen LogP contribution < -0.4 is 0 Å². The van der Waals surface area contributed by atoms with Gasteiger partial charge < -0.3 is 9.64 Å². The molecular weight excluding hydrogens is 240 g/mol. The molecule has 8 nitrogen and oxygen atoms in total. The van der Waals surface area contributed by atoms with Crippen molar-refractivity contribution in [2.75, 3.05) is 26.3 Å². The van der Waals surface area contributed by atoms with E-state index in [9.17, 15) is 14.9 Å². The molecule has 1 aliphatic heterocycles. The lowest BCUT2D eigenvalue weighted by Gasteiger charge is -2.26. The maximum absolute atomic E-state index is 12.3. The number of carbonyl (C=O) groups is 1. The second-order valence-electron chi connectivity index (χ2n) is 3.86. The molecule has 1 fully saturated rings. The van der Waals surface area contributed by atoms with Gasteiger partial charge in [0.15, 0.2) is 0 Å². The first-order valence-corrected chi connectivity index (χ1v) is 5.72. The lowest BCUT2D eigenvalue weighted by atomic mass is 10.3. The van der Waals surface area contributed by atoms with E-state index in [1.165, 1.54) is 4.68 Å². The highest BCUT2D eigenvalue weighted by Gasteiger charge is 2.30. The fourth-order valence-corrected chi connectivity index (χ4v) is 1.89. The lowest BCUT2D eigenvalue weighted by Crippen LogP contribution is -2.41. The number of hydrogen-bond acceptors (Lipinski definition) is 5. The molecule has 0 bridgehead atoms. The molecule has 1 aliphatic rings. The van der Waals surface area contributed by atoms with Gasteiger partial charge in [0.1, 0.15) is 6.20 Å². The van der Waals surface area contributed by atoms with Crippen LogP contribution >= 0.6 is 0 Å². The molecule has 1 saturated heterocycles. The average Bonchev–Trinajstić information content (AvgIpc) is 2.82. The van der Waals surface area contributed by atoms with E-state index < -0.39 is 4.92 Å². The number of carbonyl (C=O) groups excluding carboxylic acids is 1. The normalized spacial score (nSPS) is 15.7. The van der Waals surface area contributed by atoms with E-state index in [0.29, 0.717) is 32.8 Å². The summed E-state index contributed by atoms with van der Waals surface area (Å²) in [6.07, 6.45) is 1.12. The number of rotatable bonds is 3. The molecule has 0 saturated carbocycles. The molecule has 1 aromatic rings. The first kappa shape index (κ1) is 12.5. The molecular formula is C10H14N4O4. The van der Waals surface area contributed by atoms with Crippen molar-refractivity contribution in [1.29, 1.82) is 0 Å². The van der Waals surface area contributed by atoms with Gasteiger partial charge in [0.05, 0.1) is 18.1 Å². The third-order valence-electron chi connectivity index (χ3n) is 2.82. The van der Waals surface area contributed by atoms with Crippen LogP contribution in [0, 0.1) is 10.1 Å². The molecule has 0 atom stereocenters. The van der Waals surface area contributed by atoms with Gasteiger partial charge in [-0.2, -0.15) is 5.10 Å². The van der Waals surface area contributed by atoms with Crippen molar-refractivity contribution >= 4 is 11.6 Å². The zero-order chi connectivity index (χ0) is 13.1. The summed E-state index contributed by atoms with van der Waals surface area (Å²) >= 11 is 0. The molecule has 2 rings (SSSR count).